The Morgan fingerprint density at radius 2 is 1.56 bits per heavy atom. The Balaban J connectivity index is 1.03. The van der Waals surface area contributed by atoms with Gasteiger partial charge in [0.05, 0.1) is 25.6 Å². The molecule has 68 heavy (non-hydrogen) atoms. The van der Waals surface area contributed by atoms with Crippen molar-refractivity contribution in [2.45, 2.75) is 63.1 Å². The van der Waals surface area contributed by atoms with Crippen LogP contribution in [-0.4, -0.2) is 140 Å². The number of anilines is 1. The van der Waals surface area contributed by atoms with Gasteiger partial charge in [0.25, 0.3) is 5.91 Å². The summed E-state index contributed by atoms with van der Waals surface area (Å²) in [6.45, 7) is 0.0346. The number of thioether (sulfide) groups is 1. The zero-order valence-electron chi connectivity index (χ0n) is 35.9. The topological polar surface area (TPSA) is 413 Å². The van der Waals surface area contributed by atoms with Gasteiger partial charge in [-0.05, 0) is 17.7 Å². The molecule has 372 valence electrons. The standard InChI is InChI=1S/C37H49N8O19P3S/c1-37(2,18-61-67(58,59)64-66(56,57)60-17-23-29(63-65(53,54)55)28(48)35(62-23)45-20-43-26-31(38)41-19-42-32(26)45)30(49)34(51)40-14-13-24(46)39-15-16-68-36(52)27(47)25(21-9-5-3-6-10-21)44-33(50)22-11-7-4-8-12-22/h3-12,19-20,23,25,27-30,35,47-49H,13-18H2,1-2H3,(H,39,46)(H,40,51)(H,44,50)(H,56,57)(H,58,59)(H2,38,41,42)(H2,53,54,55)/t23-,25?,27?,28-,29-,30?,35-/m1/s1. The molecule has 3 amide bonds. The van der Waals surface area contributed by atoms with Crippen molar-refractivity contribution in [2.24, 2.45) is 5.41 Å². The summed E-state index contributed by atoms with van der Waals surface area (Å²) in [7, 11) is -16.5. The van der Waals surface area contributed by atoms with Crippen LogP contribution in [0.25, 0.3) is 11.2 Å². The van der Waals surface area contributed by atoms with Crippen LogP contribution in [0.5, 0.6) is 0 Å². The number of nitrogen functional groups attached to an aromatic ring is 1. The lowest BCUT2D eigenvalue weighted by molar-refractivity contribution is -0.137. The number of nitrogens with one attached hydrogen (secondary N) is 3. The van der Waals surface area contributed by atoms with Crippen molar-refractivity contribution in [1.82, 2.24) is 35.5 Å². The molecule has 1 saturated heterocycles. The van der Waals surface area contributed by atoms with E-state index in [4.69, 9.17) is 19.5 Å². The summed E-state index contributed by atoms with van der Waals surface area (Å²) in [5.74, 6) is -2.12. The molecule has 5 rings (SSSR count). The van der Waals surface area contributed by atoms with Crippen LogP contribution in [0.4, 0.5) is 5.82 Å². The lowest BCUT2D eigenvalue weighted by Gasteiger charge is -2.30. The molecule has 12 N–H and O–H groups in total. The zero-order chi connectivity index (χ0) is 50.0. The largest absolute Gasteiger partial charge is 0.481 e. The third kappa shape index (κ3) is 15.2. The average Bonchev–Trinajstić information content (AvgIpc) is 3.85. The molecule has 31 heteroatoms. The third-order valence-corrected chi connectivity index (χ3v) is 13.8. The molecule has 1 aliphatic heterocycles. The lowest BCUT2D eigenvalue weighted by Crippen LogP contribution is -2.46. The van der Waals surface area contributed by atoms with Crippen LogP contribution in [-0.2, 0) is 50.7 Å². The van der Waals surface area contributed by atoms with Gasteiger partial charge in [0.15, 0.2) is 17.7 Å². The molecule has 0 aliphatic carbocycles. The van der Waals surface area contributed by atoms with E-state index >= 15 is 0 Å². The van der Waals surface area contributed by atoms with E-state index in [1.54, 1.807) is 60.7 Å². The second-order valence-electron chi connectivity index (χ2n) is 15.4. The number of aromatic nitrogens is 4. The maximum absolute atomic E-state index is 12.9. The van der Waals surface area contributed by atoms with Crippen LogP contribution < -0.4 is 21.7 Å². The maximum atomic E-state index is 12.9. The molecule has 0 radical (unpaired) electrons. The van der Waals surface area contributed by atoms with E-state index in [0.29, 0.717) is 11.1 Å². The summed E-state index contributed by atoms with van der Waals surface area (Å²) in [5.41, 5.74) is 5.00. The van der Waals surface area contributed by atoms with E-state index in [0.717, 1.165) is 29.0 Å². The number of carbonyl (C=O) groups excluding carboxylic acids is 4. The minimum Gasteiger partial charge on any atom is -0.386 e. The van der Waals surface area contributed by atoms with Gasteiger partial charge in [-0.15, -0.1) is 0 Å². The van der Waals surface area contributed by atoms with E-state index in [2.05, 4.69) is 39.7 Å². The molecule has 3 heterocycles. The highest BCUT2D eigenvalue weighted by Crippen LogP contribution is 2.61. The SMILES string of the molecule is CC(C)(COP(=O)(O)OP(=O)(O)OC[C@H]1O[C@@H](n2cnc3c(N)ncnc32)[C@H](O)[C@@H]1OP(=O)(O)O)C(O)C(=O)NCCC(=O)NCCSC(=O)C(O)C(NC(=O)c1ccccc1)c1ccccc1. The van der Waals surface area contributed by atoms with Gasteiger partial charge in [0, 0.05) is 36.2 Å². The number of phosphoric acid groups is 3. The number of rotatable bonds is 24. The van der Waals surface area contributed by atoms with Crippen LogP contribution in [0, 0.1) is 5.41 Å². The molecule has 0 saturated carbocycles. The first kappa shape index (κ1) is 54.4. The first-order valence-corrected chi connectivity index (χ1v) is 25.5. The van der Waals surface area contributed by atoms with E-state index in [1.165, 1.54) is 13.8 Å². The van der Waals surface area contributed by atoms with Crippen molar-refractivity contribution < 1.29 is 90.4 Å². The number of aliphatic hydroxyl groups is 3. The molecule has 2 aromatic carbocycles. The van der Waals surface area contributed by atoms with Crippen LogP contribution in [0.2, 0.25) is 0 Å². The Bertz CT molecular complexity index is 2540. The van der Waals surface area contributed by atoms with Gasteiger partial charge in [-0.2, -0.15) is 4.31 Å². The van der Waals surface area contributed by atoms with Gasteiger partial charge in [-0.3, -0.25) is 37.3 Å². The number of phosphoric ester groups is 3. The summed E-state index contributed by atoms with van der Waals surface area (Å²) in [4.78, 5) is 102. The second kappa shape index (κ2) is 23.4. The summed E-state index contributed by atoms with van der Waals surface area (Å²) in [5, 5.41) is 39.4. The van der Waals surface area contributed by atoms with Crippen LogP contribution in [0.3, 0.4) is 0 Å². The zero-order valence-corrected chi connectivity index (χ0v) is 39.4. The lowest BCUT2D eigenvalue weighted by atomic mass is 9.87. The molecule has 1 aliphatic rings. The van der Waals surface area contributed by atoms with Crippen molar-refractivity contribution >= 4 is 75.0 Å². The van der Waals surface area contributed by atoms with Crippen LogP contribution in [0.1, 0.15) is 48.5 Å². The van der Waals surface area contributed by atoms with Crippen molar-refractivity contribution in [3.05, 3.63) is 84.4 Å². The molecule has 4 aromatic rings. The van der Waals surface area contributed by atoms with Gasteiger partial charge in [0.2, 0.25) is 16.9 Å². The predicted octanol–water partition coefficient (Wildman–Crippen LogP) is 0.197. The van der Waals surface area contributed by atoms with Crippen molar-refractivity contribution in [2.75, 3.05) is 37.8 Å². The number of aliphatic hydroxyl groups excluding tert-OH is 3. The number of fused-ring (bicyclic) bond motifs is 1. The molecule has 2 aromatic heterocycles. The number of amides is 3. The van der Waals surface area contributed by atoms with Gasteiger partial charge in [-0.1, -0.05) is 74.1 Å². The number of imidazole rings is 1. The first-order valence-electron chi connectivity index (χ1n) is 20.0. The Hall–Kier alpha value is -4.57. The highest BCUT2D eigenvalue weighted by molar-refractivity contribution is 8.13. The molecular weight excluding hydrogens is 985 g/mol. The van der Waals surface area contributed by atoms with Gasteiger partial charge in [0.1, 0.15) is 42.4 Å². The Morgan fingerprint density at radius 3 is 2.22 bits per heavy atom. The monoisotopic (exact) mass is 1030 g/mol. The summed E-state index contributed by atoms with van der Waals surface area (Å²) in [6.07, 6.45) is -8.85. The van der Waals surface area contributed by atoms with Crippen LogP contribution >= 0.6 is 35.2 Å². The van der Waals surface area contributed by atoms with Gasteiger partial charge < -0.3 is 61.3 Å². The third-order valence-electron chi connectivity index (χ3n) is 9.78. The summed E-state index contributed by atoms with van der Waals surface area (Å²) < 4.78 is 62.4. The minimum absolute atomic E-state index is 0.0149. The highest BCUT2D eigenvalue weighted by atomic mass is 32.2. The fraction of sp³-hybridized carbons (Fsp3) is 0.432. The highest BCUT2D eigenvalue weighted by Gasteiger charge is 2.50. The van der Waals surface area contributed by atoms with Gasteiger partial charge in [-0.25, -0.2) is 28.6 Å². The normalized spacial score (nSPS) is 20.7. The van der Waals surface area contributed by atoms with Crippen molar-refractivity contribution in [3.8, 4) is 0 Å². The average molecular weight is 1030 g/mol. The van der Waals surface area contributed by atoms with E-state index in [-0.39, 0.29) is 42.2 Å². The Labute approximate surface area is 390 Å². The van der Waals surface area contributed by atoms with E-state index in [9.17, 15) is 67.8 Å². The summed E-state index contributed by atoms with van der Waals surface area (Å²) in [6, 6.07) is 15.6. The van der Waals surface area contributed by atoms with Crippen molar-refractivity contribution in [1.29, 1.82) is 0 Å². The Morgan fingerprint density at radius 1 is 0.912 bits per heavy atom. The smallest absolute Gasteiger partial charge is 0.386 e. The molecule has 27 nitrogen and oxygen atoms in total. The molecule has 9 atom stereocenters. The predicted molar refractivity (Wildman–Crippen MR) is 236 cm³/mol. The molecular formula is C37H49N8O19P3S. The maximum Gasteiger partial charge on any atom is 0.481 e. The number of hydrogen-bond acceptors (Lipinski definition) is 20. The minimum atomic E-state index is -5.62. The summed E-state index contributed by atoms with van der Waals surface area (Å²) >= 11 is 0.723. The number of nitrogens with zero attached hydrogens (tertiary/aromatic N) is 4. The van der Waals surface area contributed by atoms with Gasteiger partial charge >= 0.3 is 23.5 Å². The first-order chi connectivity index (χ1) is 31.9. The number of carbonyl (C=O) groups is 4. The quantitative estimate of drug-likeness (QED) is 0.0330. The van der Waals surface area contributed by atoms with E-state index in [1.807, 2.05) is 0 Å². The fourth-order valence-electron chi connectivity index (χ4n) is 6.32. The number of nitrogens with two attached hydrogens (primary N) is 1. The molecule has 0 bridgehead atoms. The molecule has 0 spiro atoms. The van der Waals surface area contributed by atoms with Crippen LogP contribution in [0.15, 0.2) is 73.3 Å². The van der Waals surface area contributed by atoms with Crippen molar-refractivity contribution in [3.63, 3.8) is 0 Å². The molecule has 1 fully saturated rings. The molecule has 5 unspecified atom stereocenters. The second-order valence-corrected chi connectivity index (χ2v) is 20.7. The number of benzene rings is 2. The van der Waals surface area contributed by atoms with E-state index < -0.39 is 108 Å². The number of hydrogen-bond donors (Lipinski definition) is 11. The fourth-order valence-corrected chi connectivity index (χ4v) is 9.86. The Kier molecular flexibility index (Phi) is 18.7. The number of ether oxygens (including phenoxy) is 1.